The monoisotopic (exact) mass is 203 g/mol. The van der Waals surface area contributed by atoms with Crippen LogP contribution in [0.1, 0.15) is 38.1 Å². The molecule has 80 valence electrons. The molecule has 1 unspecified atom stereocenters. The van der Waals surface area contributed by atoms with E-state index in [-0.39, 0.29) is 5.41 Å². The third kappa shape index (κ3) is 2.09. The van der Waals surface area contributed by atoms with Gasteiger partial charge in [-0.15, -0.1) is 0 Å². The predicted octanol–water partition coefficient (Wildman–Crippen LogP) is 1.97. The van der Waals surface area contributed by atoms with E-state index in [0.29, 0.717) is 11.3 Å². The Balaban J connectivity index is 3.05. The summed E-state index contributed by atoms with van der Waals surface area (Å²) in [5.74, 6) is 0. The number of alkyl halides is 2. The second kappa shape index (κ2) is 3.65. The van der Waals surface area contributed by atoms with Gasteiger partial charge in [0.1, 0.15) is 0 Å². The number of aromatic nitrogens is 2. The molecule has 0 fully saturated rings. The van der Waals surface area contributed by atoms with Crippen LogP contribution in [-0.4, -0.2) is 16.6 Å². The molecule has 0 saturated heterocycles. The van der Waals surface area contributed by atoms with Gasteiger partial charge in [-0.1, -0.05) is 20.8 Å². The van der Waals surface area contributed by atoms with Gasteiger partial charge in [0, 0.05) is 16.7 Å². The number of halogens is 2. The maximum Gasteiger partial charge on any atom is 0.257 e. The maximum atomic E-state index is 12.4. The number of hydrogen-bond acceptors (Lipinski definition) is 2. The zero-order chi connectivity index (χ0) is 10.9. The Morgan fingerprint density at radius 1 is 1.43 bits per heavy atom. The zero-order valence-corrected chi connectivity index (χ0v) is 8.51. The third-order valence-electron chi connectivity index (χ3n) is 2.05. The molecule has 0 aliphatic heterocycles. The van der Waals surface area contributed by atoms with Gasteiger partial charge in [0.25, 0.3) is 6.43 Å². The molecule has 0 amide bonds. The number of rotatable bonds is 2. The van der Waals surface area contributed by atoms with Gasteiger partial charge in [-0.25, -0.2) is 8.78 Å². The molecule has 1 rings (SSSR count). The molecule has 3 nitrogen and oxygen atoms in total. The van der Waals surface area contributed by atoms with Crippen LogP contribution in [-0.2, 0) is 5.41 Å². The first-order valence-electron chi connectivity index (χ1n) is 4.41. The largest absolute Gasteiger partial charge is 0.319 e. The van der Waals surface area contributed by atoms with E-state index in [9.17, 15) is 8.78 Å². The fourth-order valence-corrected chi connectivity index (χ4v) is 1.28. The number of H-pyrrole nitrogens is 1. The first-order chi connectivity index (χ1) is 6.34. The maximum absolute atomic E-state index is 12.4. The number of nitrogens with zero attached hydrogens (tertiary/aromatic N) is 1. The average Bonchev–Trinajstić information content (AvgIpc) is 2.48. The van der Waals surface area contributed by atoms with Crippen LogP contribution >= 0.6 is 0 Å². The lowest BCUT2D eigenvalue weighted by atomic mass is 9.88. The van der Waals surface area contributed by atoms with Crippen molar-refractivity contribution >= 4 is 0 Å². The normalized spacial score (nSPS) is 14.8. The Kier molecular flexibility index (Phi) is 2.89. The Hall–Kier alpha value is -0.970. The van der Waals surface area contributed by atoms with Crippen LogP contribution in [0.3, 0.4) is 0 Å². The van der Waals surface area contributed by atoms with Gasteiger partial charge in [-0.3, -0.25) is 5.10 Å². The number of aromatic amines is 1. The fourth-order valence-electron chi connectivity index (χ4n) is 1.28. The van der Waals surface area contributed by atoms with Crippen LogP contribution in [0.25, 0.3) is 0 Å². The van der Waals surface area contributed by atoms with Crippen LogP contribution in [0, 0.1) is 0 Å². The number of hydrogen-bond donors (Lipinski definition) is 2. The Morgan fingerprint density at radius 2 is 2.00 bits per heavy atom. The SMILES string of the molecule is CC(C)(C)c1[nH]ncc1C(N)C(F)F. The summed E-state index contributed by atoms with van der Waals surface area (Å²) in [5.41, 5.74) is 6.19. The van der Waals surface area contributed by atoms with Gasteiger partial charge >= 0.3 is 0 Å². The molecule has 0 saturated carbocycles. The zero-order valence-electron chi connectivity index (χ0n) is 8.51. The molecule has 0 aliphatic carbocycles. The minimum Gasteiger partial charge on any atom is -0.319 e. The molecule has 1 heterocycles. The summed E-state index contributed by atoms with van der Waals surface area (Å²) >= 11 is 0. The minimum absolute atomic E-state index is 0.252. The predicted molar refractivity (Wildman–Crippen MR) is 50.2 cm³/mol. The number of nitrogens with one attached hydrogen (secondary N) is 1. The molecule has 0 bridgehead atoms. The highest BCUT2D eigenvalue weighted by molar-refractivity contribution is 5.26. The van der Waals surface area contributed by atoms with Crippen molar-refractivity contribution in [1.29, 1.82) is 0 Å². The smallest absolute Gasteiger partial charge is 0.257 e. The highest BCUT2D eigenvalue weighted by Gasteiger charge is 2.27. The van der Waals surface area contributed by atoms with Crippen molar-refractivity contribution in [2.75, 3.05) is 0 Å². The number of nitrogens with two attached hydrogens (primary N) is 1. The van der Waals surface area contributed by atoms with E-state index in [4.69, 9.17) is 5.73 Å². The summed E-state index contributed by atoms with van der Waals surface area (Å²) < 4.78 is 24.8. The summed E-state index contributed by atoms with van der Waals surface area (Å²) in [6, 6.07) is -1.26. The van der Waals surface area contributed by atoms with Crippen LogP contribution < -0.4 is 5.73 Å². The summed E-state index contributed by atoms with van der Waals surface area (Å²) in [6.45, 7) is 5.76. The molecular weight excluding hydrogens is 188 g/mol. The molecular formula is C9H15F2N3. The Labute approximate surface area is 81.7 Å². The molecule has 3 N–H and O–H groups in total. The highest BCUT2D eigenvalue weighted by Crippen LogP contribution is 2.28. The molecule has 0 aliphatic rings. The second-order valence-corrected chi connectivity index (χ2v) is 4.31. The summed E-state index contributed by atoms with van der Waals surface area (Å²) in [7, 11) is 0. The van der Waals surface area contributed by atoms with Crippen molar-refractivity contribution in [3.8, 4) is 0 Å². The molecule has 1 aromatic rings. The van der Waals surface area contributed by atoms with Crippen LogP contribution in [0.5, 0.6) is 0 Å². The van der Waals surface area contributed by atoms with Crippen LogP contribution in [0.4, 0.5) is 8.78 Å². The van der Waals surface area contributed by atoms with Crippen LogP contribution in [0.15, 0.2) is 6.20 Å². The highest BCUT2D eigenvalue weighted by atomic mass is 19.3. The minimum atomic E-state index is -2.56. The van der Waals surface area contributed by atoms with Gasteiger partial charge in [0.2, 0.25) is 0 Å². The van der Waals surface area contributed by atoms with E-state index in [1.165, 1.54) is 6.20 Å². The molecule has 1 atom stereocenters. The van der Waals surface area contributed by atoms with E-state index in [0.717, 1.165) is 0 Å². The first kappa shape index (κ1) is 11.1. The molecule has 14 heavy (non-hydrogen) atoms. The summed E-state index contributed by atoms with van der Waals surface area (Å²) in [4.78, 5) is 0. The lowest BCUT2D eigenvalue weighted by Crippen LogP contribution is -2.23. The van der Waals surface area contributed by atoms with E-state index in [1.54, 1.807) is 0 Å². The summed E-state index contributed by atoms with van der Waals surface area (Å²) in [5, 5.41) is 6.47. The molecule has 0 radical (unpaired) electrons. The fraction of sp³-hybridized carbons (Fsp3) is 0.667. The van der Waals surface area contributed by atoms with Gasteiger partial charge < -0.3 is 5.73 Å². The molecule has 5 heteroatoms. The third-order valence-corrected chi connectivity index (χ3v) is 2.05. The lowest BCUT2D eigenvalue weighted by Gasteiger charge is -2.20. The summed E-state index contributed by atoms with van der Waals surface area (Å²) in [6.07, 6.45) is -1.19. The van der Waals surface area contributed by atoms with Gasteiger partial charge in [-0.2, -0.15) is 5.10 Å². The average molecular weight is 203 g/mol. The van der Waals surface area contributed by atoms with Gasteiger partial charge in [0.15, 0.2) is 0 Å². The topological polar surface area (TPSA) is 54.7 Å². The van der Waals surface area contributed by atoms with E-state index < -0.39 is 12.5 Å². The van der Waals surface area contributed by atoms with Crippen molar-refractivity contribution in [2.24, 2.45) is 5.73 Å². The van der Waals surface area contributed by atoms with E-state index in [1.807, 2.05) is 20.8 Å². The standard InChI is InChI=1S/C9H15F2N3/c1-9(2,3)7-5(4-13-14-7)6(12)8(10)11/h4,6,8H,12H2,1-3H3,(H,13,14). The van der Waals surface area contributed by atoms with E-state index >= 15 is 0 Å². The quantitative estimate of drug-likeness (QED) is 0.772. The lowest BCUT2D eigenvalue weighted by molar-refractivity contribution is 0.115. The Morgan fingerprint density at radius 3 is 2.43 bits per heavy atom. The van der Waals surface area contributed by atoms with Crippen molar-refractivity contribution in [2.45, 2.75) is 38.7 Å². The van der Waals surface area contributed by atoms with Gasteiger partial charge in [0.05, 0.1) is 12.2 Å². The van der Waals surface area contributed by atoms with Crippen molar-refractivity contribution < 1.29 is 8.78 Å². The van der Waals surface area contributed by atoms with Crippen LogP contribution in [0.2, 0.25) is 0 Å². The van der Waals surface area contributed by atoms with Crippen molar-refractivity contribution in [1.82, 2.24) is 10.2 Å². The molecule has 0 spiro atoms. The Bertz CT molecular complexity index is 301. The van der Waals surface area contributed by atoms with Gasteiger partial charge in [-0.05, 0) is 0 Å². The van der Waals surface area contributed by atoms with Crippen molar-refractivity contribution in [3.05, 3.63) is 17.5 Å². The molecule has 1 aromatic heterocycles. The van der Waals surface area contributed by atoms with E-state index in [2.05, 4.69) is 10.2 Å². The first-order valence-corrected chi connectivity index (χ1v) is 4.41. The molecule has 0 aromatic carbocycles. The second-order valence-electron chi connectivity index (χ2n) is 4.31. The van der Waals surface area contributed by atoms with Crippen molar-refractivity contribution in [3.63, 3.8) is 0 Å².